The van der Waals surface area contributed by atoms with Crippen molar-refractivity contribution in [2.45, 2.75) is 58.8 Å². The summed E-state index contributed by atoms with van der Waals surface area (Å²) in [6, 6.07) is 23.6. The van der Waals surface area contributed by atoms with Crippen LogP contribution in [0.25, 0.3) is 28.0 Å². The number of halogens is 2. The van der Waals surface area contributed by atoms with Crippen LogP contribution in [0.2, 0.25) is 0 Å². The summed E-state index contributed by atoms with van der Waals surface area (Å²) < 4.78 is 11.5. The predicted octanol–water partition coefficient (Wildman–Crippen LogP) is 10.3. The monoisotopic (exact) mass is 638 g/mol. The van der Waals surface area contributed by atoms with Crippen LogP contribution in [0.4, 0.5) is 0 Å². The molecule has 0 amide bonds. The first kappa shape index (κ1) is 31.6. The van der Waals surface area contributed by atoms with Gasteiger partial charge in [-0.05, 0) is 28.5 Å². The van der Waals surface area contributed by atoms with Gasteiger partial charge < -0.3 is 9.47 Å². The van der Waals surface area contributed by atoms with E-state index in [-0.39, 0.29) is 10.8 Å². The van der Waals surface area contributed by atoms with Gasteiger partial charge in [-0.15, -0.1) is 34.9 Å². The van der Waals surface area contributed by atoms with Crippen LogP contribution in [0, 0.1) is 6.08 Å². The van der Waals surface area contributed by atoms with E-state index in [9.17, 15) is 0 Å². The van der Waals surface area contributed by atoms with Gasteiger partial charge in [-0.1, -0.05) is 77.4 Å². The van der Waals surface area contributed by atoms with E-state index < -0.39 is 20.8 Å². The number of hydrogen-bond donors (Lipinski definition) is 0. The Balaban J connectivity index is 0.000000288. The third kappa shape index (κ3) is 7.63. The van der Waals surface area contributed by atoms with Crippen LogP contribution in [-0.4, -0.2) is 14.2 Å². The Morgan fingerprint density at radius 1 is 0.846 bits per heavy atom. The minimum atomic E-state index is -0.826. The summed E-state index contributed by atoms with van der Waals surface area (Å²) >= 11 is -0.826. The summed E-state index contributed by atoms with van der Waals surface area (Å²) in [5, 5.41) is 2.37. The van der Waals surface area contributed by atoms with Crippen LogP contribution in [0.15, 0.2) is 66.7 Å². The molecule has 0 spiro atoms. The maximum atomic E-state index is 5.91. The molecule has 0 aliphatic heterocycles. The fourth-order valence-electron chi connectivity index (χ4n) is 4.86. The van der Waals surface area contributed by atoms with Crippen LogP contribution in [0.1, 0.15) is 63.8 Å². The molecule has 0 fully saturated rings. The van der Waals surface area contributed by atoms with E-state index >= 15 is 0 Å². The van der Waals surface area contributed by atoms with Gasteiger partial charge in [-0.3, -0.25) is 6.08 Å². The fourth-order valence-corrected chi connectivity index (χ4v) is 4.86. The van der Waals surface area contributed by atoms with Crippen molar-refractivity contribution in [3.05, 3.63) is 95.1 Å². The van der Waals surface area contributed by atoms with Gasteiger partial charge >= 0.3 is 37.9 Å². The molecule has 0 N–H and O–H groups in total. The first-order chi connectivity index (χ1) is 18.5. The normalized spacial score (nSPS) is 12.1. The Morgan fingerprint density at radius 3 is 2.00 bits per heavy atom. The van der Waals surface area contributed by atoms with Crippen molar-refractivity contribution in [3.8, 4) is 22.6 Å². The standard InChI is InChI=1S/C25H31O2.C9H7.2ClH.Zr/c1-24(2,3)20-14-16(15-21(23(20)27-8)25(4,5)6)17-12-13-22(26-7)19-11-9-10-18(17)19;1-2-5-9-7-3-6-8(9)4-1;;;/h9-15H,1-8H3;1-2,4-6H,7H2;2*1H;/q2*-1;;;+4/p-2. The Kier molecular flexibility index (Phi) is 11.0. The predicted molar refractivity (Wildman–Crippen MR) is 165 cm³/mol. The molecule has 4 aromatic carbocycles. The Morgan fingerprint density at radius 2 is 1.46 bits per heavy atom. The summed E-state index contributed by atoms with van der Waals surface area (Å²) in [6.07, 6.45) is 6.21. The summed E-state index contributed by atoms with van der Waals surface area (Å²) in [6.45, 7) is 13.5. The molecule has 0 saturated heterocycles. The van der Waals surface area contributed by atoms with Gasteiger partial charge in [-0.25, -0.2) is 6.08 Å². The Bertz CT molecular complexity index is 1390. The molecule has 0 saturated carbocycles. The van der Waals surface area contributed by atoms with E-state index in [0.717, 1.165) is 23.3 Å². The topological polar surface area (TPSA) is 18.5 Å². The van der Waals surface area contributed by atoms with Gasteiger partial charge in [0.1, 0.15) is 5.75 Å². The molecule has 204 valence electrons. The molecule has 0 heterocycles. The van der Waals surface area contributed by atoms with Gasteiger partial charge in [0.15, 0.2) is 0 Å². The Hall–Kier alpha value is -1.93. The Labute approximate surface area is 253 Å². The van der Waals surface area contributed by atoms with Gasteiger partial charge in [0.05, 0.1) is 14.2 Å². The van der Waals surface area contributed by atoms with Crippen molar-refractivity contribution >= 4 is 33.9 Å². The zero-order valence-electron chi connectivity index (χ0n) is 24.2. The minimum absolute atomic E-state index is 0.0149. The molecular formula is C34H38Cl2O2Zr. The number of ether oxygens (including phenoxy) is 2. The average Bonchev–Trinajstić information content (AvgIpc) is 3.57. The van der Waals surface area contributed by atoms with Gasteiger partial charge in [-0.2, -0.15) is 17.7 Å². The molecule has 1 aliphatic carbocycles. The van der Waals surface area contributed by atoms with Crippen LogP contribution >= 0.6 is 17.0 Å². The molecule has 2 nitrogen and oxygen atoms in total. The number of allylic oxidation sites excluding steroid dienone is 1. The second kappa shape index (κ2) is 13.6. The molecule has 0 radical (unpaired) electrons. The molecule has 0 atom stereocenters. The number of benzene rings is 3. The van der Waals surface area contributed by atoms with E-state index in [1.807, 2.05) is 0 Å². The zero-order chi connectivity index (χ0) is 28.8. The summed E-state index contributed by atoms with van der Waals surface area (Å²) in [5.74, 6) is 1.92. The van der Waals surface area contributed by atoms with E-state index in [0.29, 0.717) is 0 Å². The first-order valence-electron chi connectivity index (χ1n) is 13.0. The van der Waals surface area contributed by atoms with Crippen LogP contribution in [0.5, 0.6) is 11.5 Å². The molecule has 0 bridgehead atoms. The molecule has 5 rings (SSSR count). The van der Waals surface area contributed by atoms with Crippen molar-refractivity contribution in [1.82, 2.24) is 0 Å². The van der Waals surface area contributed by atoms with Gasteiger partial charge in [0.2, 0.25) is 0 Å². The van der Waals surface area contributed by atoms with Crippen LogP contribution in [0.3, 0.4) is 0 Å². The molecule has 0 aromatic heterocycles. The van der Waals surface area contributed by atoms with Crippen molar-refractivity contribution < 1.29 is 30.3 Å². The first-order valence-corrected chi connectivity index (χ1v) is 19.4. The SMILES string of the molecule is COc1c(C(C)(C)C)cc(-c2ccc(OC)c3[cH-]ccc23)cc1C(C)(C)C.[C-]1=Cc2ccccc2C1.[Cl][Zr+2][Cl]. The second-order valence-electron chi connectivity index (χ2n) is 11.6. The third-order valence-corrected chi connectivity index (χ3v) is 6.82. The van der Waals surface area contributed by atoms with Crippen molar-refractivity contribution in [2.75, 3.05) is 14.2 Å². The van der Waals surface area contributed by atoms with Crippen molar-refractivity contribution in [1.29, 1.82) is 0 Å². The summed E-state index contributed by atoms with van der Waals surface area (Å²) in [7, 11) is 13.4. The number of hydrogen-bond acceptors (Lipinski definition) is 2. The average molecular weight is 641 g/mol. The summed E-state index contributed by atoms with van der Waals surface area (Å²) in [4.78, 5) is 0. The van der Waals surface area contributed by atoms with E-state index in [1.54, 1.807) is 14.2 Å². The quantitative estimate of drug-likeness (QED) is 0.208. The number of rotatable bonds is 3. The van der Waals surface area contributed by atoms with Gasteiger partial charge in [0.25, 0.3) is 0 Å². The number of fused-ring (bicyclic) bond motifs is 2. The van der Waals surface area contributed by atoms with Crippen molar-refractivity contribution in [2.24, 2.45) is 0 Å². The molecule has 5 heteroatoms. The molecule has 4 aromatic rings. The molecule has 0 unspecified atom stereocenters. The van der Waals surface area contributed by atoms with E-state index in [2.05, 4.69) is 120 Å². The van der Waals surface area contributed by atoms with Gasteiger partial charge in [0, 0.05) is 16.9 Å². The van der Waals surface area contributed by atoms with E-state index in [4.69, 9.17) is 26.5 Å². The van der Waals surface area contributed by atoms with Crippen LogP contribution < -0.4 is 9.47 Å². The molecule has 1 aliphatic rings. The van der Waals surface area contributed by atoms with E-state index in [1.165, 1.54) is 38.8 Å². The number of methoxy groups -OCH3 is 2. The van der Waals surface area contributed by atoms with Crippen molar-refractivity contribution in [3.63, 3.8) is 0 Å². The molecule has 39 heavy (non-hydrogen) atoms. The maximum absolute atomic E-state index is 5.91. The third-order valence-electron chi connectivity index (χ3n) is 6.82. The zero-order valence-corrected chi connectivity index (χ0v) is 28.2. The fraction of sp³-hybridized carbons (Fsp3) is 0.324. The molecular weight excluding hydrogens is 603 g/mol. The second-order valence-corrected chi connectivity index (χ2v) is 15.3. The van der Waals surface area contributed by atoms with Crippen LogP contribution in [-0.2, 0) is 38.1 Å². The summed E-state index contributed by atoms with van der Waals surface area (Å²) in [5.41, 5.74) is 7.64.